The molecule has 0 spiro atoms. The van der Waals surface area contributed by atoms with Gasteiger partial charge in [0, 0.05) is 12.1 Å². The van der Waals surface area contributed by atoms with Crippen molar-refractivity contribution >= 4 is 21.6 Å². The van der Waals surface area contributed by atoms with Crippen molar-refractivity contribution in [3.63, 3.8) is 0 Å². The average Bonchev–Trinajstić information content (AvgIpc) is 2.27. The number of nitrogens with two attached hydrogens (primary N) is 1. The Morgan fingerprint density at radius 2 is 2.19 bits per heavy atom. The van der Waals surface area contributed by atoms with Crippen LogP contribution in [0.25, 0.3) is 0 Å². The fraction of sp³-hybridized carbons (Fsp3) is 0.455. The minimum absolute atomic E-state index is 0.0660. The van der Waals surface area contributed by atoms with E-state index in [4.69, 9.17) is 5.73 Å². The van der Waals surface area contributed by atoms with Crippen LogP contribution in [0.15, 0.2) is 22.7 Å². The van der Waals surface area contributed by atoms with Crippen LogP contribution >= 0.6 is 15.9 Å². The van der Waals surface area contributed by atoms with Gasteiger partial charge in [-0.2, -0.15) is 0 Å². The molecule has 5 heteroatoms. The van der Waals surface area contributed by atoms with Crippen LogP contribution in [0.2, 0.25) is 0 Å². The summed E-state index contributed by atoms with van der Waals surface area (Å²) in [6, 6.07) is 4.89. The average molecular weight is 287 g/mol. The summed E-state index contributed by atoms with van der Waals surface area (Å²) in [6.07, 6.45) is 0.949. The number of rotatable bonds is 4. The molecule has 0 aliphatic heterocycles. The molecule has 16 heavy (non-hydrogen) atoms. The van der Waals surface area contributed by atoms with Gasteiger partial charge in [-0.25, -0.2) is 0 Å². The molecular formula is C11H15BrN2O2. The molecule has 88 valence electrons. The molecule has 0 saturated carbocycles. The van der Waals surface area contributed by atoms with Gasteiger partial charge in [-0.05, 0) is 33.5 Å². The van der Waals surface area contributed by atoms with Gasteiger partial charge in [0.2, 0.25) is 0 Å². The van der Waals surface area contributed by atoms with E-state index in [2.05, 4.69) is 22.9 Å². The molecule has 1 rings (SSSR count). The summed E-state index contributed by atoms with van der Waals surface area (Å²) in [5, 5.41) is 10.8. The highest BCUT2D eigenvalue weighted by Gasteiger charge is 2.18. The van der Waals surface area contributed by atoms with Crippen LogP contribution in [-0.4, -0.2) is 4.92 Å². The number of nitrogens with zero attached hydrogens (tertiary/aromatic N) is 1. The zero-order valence-corrected chi connectivity index (χ0v) is 10.9. The molecular weight excluding hydrogens is 272 g/mol. The maximum atomic E-state index is 10.8. The van der Waals surface area contributed by atoms with E-state index in [0.29, 0.717) is 10.4 Å². The van der Waals surface area contributed by atoms with Gasteiger partial charge in [0.1, 0.15) is 0 Å². The summed E-state index contributed by atoms with van der Waals surface area (Å²) in [7, 11) is 0. The van der Waals surface area contributed by atoms with Crippen molar-refractivity contribution in [1.82, 2.24) is 0 Å². The Labute approximate surface area is 103 Å². The number of halogens is 1. The van der Waals surface area contributed by atoms with Crippen molar-refractivity contribution < 1.29 is 4.92 Å². The predicted molar refractivity (Wildman–Crippen MR) is 67.2 cm³/mol. The number of hydrogen-bond donors (Lipinski definition) is 1. The zero-order chi connectivity index (χ0) is 12.3. The fourth-order valence-electron chi connectivity index (χ4n) is 1.46. The summed E-state index contributed by atoms with van der Waals surface area (Å²) in [6.45, 7) is 4.09. The molecule has 4 nitrogen and oxygen atoms in total. The molecule has 1 aromatic carbocycles. The second kappa shape index (κ2) is 5.41. The molecule has 2 atom stereocenters. The first-order valence-electron chi connectivity index (χ1n) is 5.16. The van der Waals surface area contributed by atoms with Gasteiger partial charge < -0.3 is 5.73 Å². The molecule has 0 aliphatic rings. The maximum absolute atomic E-state index is 10.8. The van der Waals surface area contributed by atoms with E-state index in [-0.39, 0.29) is 11.7 Å². The minimum Gasteiger partial charge on any atom is -0.324 e. The standard InChI is InChI=1S/C11H15BrN2O2/c1-3-7(2)11(13)8-4-5-9(12)10(6-8)14(15)16/h4-7,11H,3,13H2,1-2H3/t7?,11-/m1/s1. The van der Waals surface area contributed by atoms with Crippen LogP contribution in [0.5, 0.6) is 0 Å². The molecule has 0 bridgehead atoms. The summed E-state index contributed by atoms with van der Waals surface area (Å²) < 4.78 is 0.484. The van der Waals surface area contributed by atoms with Crippen molar-refractivity contribution in [2.24, 2.45) is 11.7 Å². The van der Waals surface area contributed by atoms with E-state index in [9.17, 15) is 10.1 Å². The summed E-state index contributed by atoms with van der Waals surface area (Å²) in [5.74, 6) is 0.306. The van der Waals surface area contributed by atoms with Crippen molar-refractivity contribution in [1.29, 1.82) is 0 Å². The third-order valence-corrected chi connectivity index (χ3v) is 3.48. The Morgan fingerprint density at radius 3 is 2.69 bits per heavy atom. The summed E-state index contributed by atoms with van der Waals surface area (Å²) >= 11 is 3.15. The highest BCUT2D eigenvalue weighted by Crippen LogP contribution is 2.30. The Bertz CT molecular complexity index is 396. The van der Waals surface area contributed by atoms with E-state index in [1.165, 1.54) is 0 Å². The summed E-state index contributed by atoms with van der Waals surface area (Å²) in [5.41, 5.74) is 6.91. The first-order chi connectivity index (χ1) is 7.47. The van der Waals surface area contributed by atoms with Gasteiger partial charge in [0.25, 0.3) is 5.69 Å². The van der Waals surface area contributed by atoms with Crippen LogP contribution in [-0.2, 0) is 0 Å². The van der Waals surface area contributed by atoms with Gasteiger partial charge in [-0.1, -0.05) is 26.3 Å². The van der Waals surface area contributed by atoms with Gasteiger partial charge in [0.05, 0.1) is 9.40 Å². The third-order valence-electron chi connectivity index (χ3n) is 2.81. The monoisotopic (exact) mass is 286 g/mol. The maximum Gasteiger partial charge on any atom is 0.283 e. The highest BCUT2D eigenvalue weighted by molar-refractivity contribution is 9.10. The lowest BCUT2D eigenvalue weighted by Crippen LogP contribution is -2.18. The van der Waals surface area contributed by atoms with Gasteiger partial charge in [0.15, 0.2) is 0 Å². The Kier molecular flexibility index (Phi) is 4.44. The lowest BCUT2D eigenvalue weighted by Gasteiger charge is -2.18. The smallest absolute Gasteiger partial charge is 0.283 e. The molecule has 1 unspecified atom stereocenters. The normalized spacial score (nSPS) is 14.5. The van der Waals surface area contributed by atoms with Crippen molar-refractivity contribution in [2.75, 3.05) is 0 Å². The molecule has 0 radical (unpaired) electrons. The van der Waals surface area contributed by atoms with Crippen LogP contribution in [0.3, 0.4) is 0 Å². The van der Waals surface area contributed by atoms with Crippen LogP contribution < -0.4 is 5.73 Å². The van der Waals surface area contributed by atoms with E-state index < -0.39 is 4.92 Å². The first-order valence-corrected chi connectivity index (χ1v) is 5.96. The SMILES string of the molecule is CCC(C)[C@@H](N)c1ccc(Br)c([N+](=O)[O-])c1. The molecule has 2 N–H and O–H groups in total. The number of hydrogen-bond acceptors (Lipinski definition) is 3. The lowest BCUT2D eigenvalue weighted by molar-refractivity contribution is -0.385. The second-order valence-electron chi connectivity index (χ2n) is 3.88. The highest BCUT2D eigenvalue weighted by atomic mass is 79.9. The minimum atomic E-state index is -0.406. The van der Waals surface area contributed by atoms with Gasteiger partial charge in [-0.15, -0.1) is 0 Å². The van der Waals surface area contributed by atoms with E-state index in [0.717, 1.165) is 12.0 Å². The van der Waals surface area contributed by atoms with E-state index in [1.54, 1.807) is 12.1 Å². The molecule has 1 aromatic rings. The van der Waals surface area contributed by atoms with E-state index in [1.807, 2.05) is 13.0 Å². The second-order valence-corrected chi connectivity index (χ2v) is 4.73. The van der Waals surface area contributed by atoms with Gasteiger partial charge in [-0.3, -0.25) is 10.1 Å². The molecule has 0 saturated heterocycles. The quantitative estimate of drug-likeness (QED) is 0.681. The van der Waals surface area contributed by atoms with Gasteiger partial charge >= 0.3 is 0 Å². The molecule has 0 aliphatic carbocycles. The fourth-order valence-corrected chi connectivity index (χ4v) is 1.85. The zero-order valence-electron chi connectivity index (χ0n) is 9.31. The van der Waals surface area contributed by atoms with E-state index >= 15 is 0 Å². The molecule has 0 amide bonds. The molecule has 0 heterocycles. The largest absolute Gasteiger partial charge is 0.324 e. The van der Waals surface area contributed by atoms with Crippen LogP contribution in [0.1, 0.15) is 31.9 Å². The Balaban J connectivity index is 3.07. The van der Waals surface area contributed by atoms with Crippen LogP contribution in [0, 0.1) is 16.0 Å². The van der Waals surface area contributed by atoms with Crippen molar-refractivity contribution in [3.8, 4) is 0 Å². The van der Waals surface area contributed by atoms with Crippen molar-refractivity contribution in [2.45, 2.75) is 26.3 Å². The Morgan fingerprint density at radius 1 is 1.56 bits per heavy atom. The molecule has 0 fully saturated rings. The summed E-state index contributed by atoms with van der Waals surface area (Å²) in [4.78, 5) is 10.4. The third kappa shape index (κ3) is 2.80. The lowest BCUT2D eigenvalue weighted by atomic mass is 9.93. The van der Waals surface area contributed by atoms with Crippen LogP contribution in [0.4, 0.5) is 5.69 Å². The first kappa shape index (κ1) is 13.1. The number of benzene rings is 1. The molecule has 0 aromatic heterocycles. The Hall–Kier alpha value is -0.940. The number of nitro benzene ring substituents is 1. The topological polar surface area (TPSA) is 69.2 Å². The van der Waals surface area contributed by atoms with Crippen molar-refractivity contribution in [3.05, 3.63) is 38.3 Å². The predicted octanol–water partition coefficient (Wildman–Crippen LogP) is 3.40. The number of nitro groups is 1.